The summed E-state index contributed by atoms with van der Waals surface area (Å²) in [6.45, 7) is 5.66. The fourth-order valence-corrected chi connectivity index (χ4v) is 4.75. The molecule has 1 amide bonds. The number of rotatable bonds is 6. The number of amides is 1. The second-order valence-electron chi connectivity index (χ2n) is 8.03. The van der Waals surface area contributed by atoms with Gasteiger partial charge in [-0.1, -0.05) is 59.8 Å². The topological polar surface area (TPSA) is 58.1 Å². The average molecular weight is 433 g/mol. The highest BCUT2D eigenvalue weighted by Crippen LogP contribution is 2.34. The molecule has 0 unspecified atom stereocenters. The van der Waals surface area contributed by atoms with Crippen molar-refractivity contribution in [2.45, 2.75) is 42.7 Å². The van der Waals surface area contributed by atoms with Crippen molar-refractivity contribution in [3.8, 4) is 0 Å². The maximum absolute atomic E-state index is 13.0. The van der Waals surface area contributed by atoms with Crippen molar-refractivity contribution >= 4 is 23.5 Å². The fourth-order valence-electron chi connectivity index (χ4n) is 3.86. The highest BCUT2D eigenvalue weighted by atomic mass is 32.2. The Labute approximate surface area is 188 Å². The molecule has 1 aliphatic rings. The lowest BCUT2D eigenvalue weighted by atomic mass is 9.96. The van der Waals surface area contributed by atoms with E-state index in [9.17, 15) is 4.79 Å². The molecule has 31 heavy (non-hydrogen) atoms. The number of hydrogen-bond acceptors (Lipinski definition) is 5. The van der Waals surface area contributed by atoms with Crippen molar-refractivity contribution in [1.29, 1.82) is 0 Å². The van der Waals surface area contributed by atoms with E-state index >= 15 is 0 Å². The summed E-state index contributed by atoms with van der Waals surface area (Å²) in [6.07, 6.45) is 5.32. The molecule has 5 nitrogen and oxygen atoms in total. The minimum atomic E-state index is -0.0563. The minimum Gasteiger partial charge on any atom is -0.354 e. The molecule has 1 N–H and O–H groups in total. The smallest absolute Gasteiger partial charge is 0.225 e. The number of carbonyl (C=O) groups excluding carboxylic acids is 1. The minimum absolute atomic E-state index is 0.00625. The van der Waals surface area contributed by atoms with Gasteiger partial charge in [-0.2, -0.15) is 0 Å². The zero-order chi connectivity index (χ0) is 21.6. The maximum atomic E-state index is 13.0. The molecule has 0 saturated carbocycles. The fraction of sp³-hybridized carbons (Fsp3) is 0.320. The van der Waals surface area contributed by atoms with Gasteiger partial charge in [0.1, 0.15) is 5.03 Å². The van der Waals surface area contributed by atoms with Crippen LogP contribution in [-0.4, -0.2) is 29.0 Å². The molecule has 0 radical (unpaired) electrons. The van der Waals surface area contributed by atoms with Crippen LogP contribution in [0.3, 0.4) is 0 Å². The maximum Gasteiger partial charge on any atom is 0.225 e. The monoisotopic (exact) mass is 432 g/mol. The van der Waals surface area contributed by atoms with Crippen LogP contribution in [0.25, 0.3) is 0 Å². The predicted octanol–water partition coefficient (Wildman–Crippen LogP) is 5.03. The quantitative estimate of drug-likeness (QED) is 0.592. The lowest BCUT2D eigenvalue weighted by Gasteiger charge is -2.34. The predicted molar refractivity (Wildman–Crippen MR) is 125 cm³/mol. The number of nitrogens with one attached hydrogen (secondary N) is 1. The summed E-state index contributed by atoms with van der Waals surface area (Å²) in [6, 6.07) is 18.5. The van der Waals surface area contributed by atoms with Crippen molar-refractivity contribution in [2.24, 2.45) is 5.92 Å². The van der Waals surface area contributed by atoms with Crippen LogP contribution < -0.4 is 10.2 Å². The number of anilines is 1. The lowest BCUT2D eigenvalue weighted by Crippen LogP contribution is -2.44. The largest absolute Gasteiger partial charge is 0.354 e. The van der Waals surface area contributed by atoms with Crippen LogP contribution in [0.5, 0.6) is 0 Å². The number of nitrogens with zero attached hydrogens (tertiary/aromatic N) is 3. The number of carbonyl (C=O) groups is 1. The van der Waals surface area contributed by atoms with Gasteiger partial charge in [0.05, 0.1) is 12.0 Å². The van der Waals surface area contributed by atoms with E-state index in [1.54, 1.807) is 24.2 Å². The normalized spacial score (nSPS) is 17.2. The number of piperidine rings is 1. The Morgan fingerprint density at radius 1 is 1.10 bits per heavy atom. The molecule has 1 aromatic heterocycles. The van der Waals surface area contributed by atoms with Crippen molar-refractivity contribution in [2.75, 3.05) is 18.0 Å². The Hall–Kier alpha value is -2.86. The molecule has 2 atom stereocenters. The third-order valence-electron chi connectivity index (χ3n) is 5.63. The van der Waals surface area contributed by atoms with Gasteiger partial charge in [-0.15, -0.1) is 0 Å². The van der Waals surface area contributed by atoms with Crippen LogP contribution in [0.4, 0.5) is 5.82 Å². The second-order valence-corrected chi connectivity index (χ2v) is 9.09. The molecule has 1 saturated heterocycles. The van der Waals surface area contributed by atoms with Gasteiger partial charge in [-0.3, -0.25) is 4.79 Å². The Morgan fingerprint density at radius 2 is 1.84 bits per heavy atom. The summed E-state index contributed by atoms with van der Waals surface area (Å²) in [5.74, 6) is 0.915. The summed E-state index contributed by atoms with van der Waals surface area (Å²) >= 11 is 1.62. The van der Waals surface area contributed by atoms with Gasteiger partial charge in [-0.05, 0) is 44.4 Å². The molecule has 0 spiro atoms. The molecule has 6 heteroatoms. The van der Waals surface area contributed by atoms with E-state index in [4.69, 9.17) is 0 Å². The van der Waals surface area contributed by atoms with Crippen LogP contribution in [-0.2, 0) is 4.79 Å². The summed E-state index contributed by atoms with van der Waals surface area (Å²) in [5.41, 5.74) is 2.35. The van der Waals surface area contributed by atoms with Crippen LogP contribution in [0, 0.1) is 12.8 Å². The van der Waals surface area contributed by atoms with Crippen LogP contribution in [0.2, 0.25) is 0 Å². The molecule has 3 aromatic rings. The Kier molecular flexibility index (Phi) is 6.87. The van der Waals surface area contributed by atoms with E-state index in [0.29, 0.717) is 6.54 Å². The van der Waals surface area contributed by atoms with Crippen molar-refractivity contribution < 1.29 is 4.79 Å². The second kappa shape index (κ2) is 9.96. The van der Waals surface area contributed by atoms with Gasteiger partial charge in [0.25, 0.3) is 0 Å². The molecule has 0 aliphatic carbocycles. The van der Waals surface area contributed by atoms with E-state index in [0.717, 1.165) is 40.7 Å². The Balaban J connectivity index is 1.45. The van der Waals surface area contributed by atoms with Gasteiger partial charge in [-0.25, -0.2) is 9.97 Å². The number of aromatic nitrogens is 2. The number of aryl methyl sites for hydroxylation is 1. The molecule has 0 bridgehead atoms. The van der Waals surface area contributed by atoms with Crippen molar-refractivity contribution in [3.05, 3.63) is 78.1 Å². The third-order valence-corrected chi connectivity index (χ3v) is 6.62. The van der Waals surface area contributed by atoms with Gasteiger partial charge in [0, 0.05) is 30.4 Å². The molecule has 2 aromatic carbocycles. The Morgan fingerprint density at radius 3 is 2.61 bits per heavy atom. The van der Waals surface area contributed by atoms with Crippen molar-refractivity contribution in [3.63, 3.8) is 0 Å². The third kappa shape index (κ3) is 5.44. The van der Waals surface area contributed by atoms with Gasteiger partial charge >= 0.3 is 0 Å². The molecule has 4 rings (SSSR count). The van der Waals surface area contributed by atoms with Gasteiger partial charge in [0.2, 0.25) is 5.91 Å². The highest BCUT2D eigenvalue weighted by Gasteiger charge is 2.29. The van der Waals surface area contributed by atoms with Crippen LogP contribution in [0.15, 0.2) is 76.9 Å². The van der Waals surface area contributed by atoms with Gasteiger partial charge in [0.15, 0.2) is 5.82 Å². The average Bonchev–Trinajstić information content (AvgIpc) is 2.81. The standard InChI is InChI=1S/C25H28N4OS/c1-18-10-12-22(13-11-18)31-25-23(26-14-15-27-25)29-16-6-9-21(17-29)24(30)28-19(2)20-7-4-3-5-8-20/h3-5,7-8,10-15,19,21H,6,9,16-17H2,1-2H3,(H,28,30)/t19-,21-/m1/s1. The van der Waals surface area contributed by atoms with Crippen molar-refractivity contribution in [1.82, 2.24) is 15.3 Å². The number of hydrogen-bond donors (Lipinski definition) is 1. The molecule has 1 aliphatic heterocycles. The summed E-state index contributed by atoms with van der Waals surface area (Å²) in [4.78, 5) is 25.6. The first kappa shape index (κ1) is 21.4. The molecular weight excluding hydrogens is 404 g/mol. The molecular formula is C25H28N4OS. The van der Waals surface area contributed by atoms with Crippen LogP contribution >= 0.6 is 11.8 Å². The highest BCUT2D eigenvalue weighted by molar-refractivity contribution is 7.99. The summed E-state index contributed by atoms with van der Waals surface area (Å²) < 4.78 is 0. The zero-order valence-corrected chi connectivity index (χ0v) is 18.8. The summed E-state index contributed by atoms with van der Waals surface area (Å²) in [7, 11) is 0. The summed E-state index contributed by atoms with van der Waals surface area (Å²) in [5, 5.41) is 4.07. The zero-order valence-electron chi connectivity index (χ0n) is 18.0. The van der Waals surface area contributed by atoms with Gasteiger partial charge < -0.3 is 10.2 Å². The van der Waals surface area contributed by atoms with E-state index in [1.807, 2.05) is 37.3 Å². The SMILES string of the molecule is Cc1ccc(Sc2nccnc2N2CCC[C@@H](C(=O)N[C@H](C)c3ccccc3)C2)cc1. The molecule has 2 heterocycles. The Bertz CT molecular complexity index is 1010. The van der Waals surface area contributed by atoms with E-state index in [1.165, 1.54) is 5.56 Å². The molecule has 160 valence electrons. The van der Waals surface area contributed by atoms with E-state index in [-0.39, 0.29) is 17.9 Å². The molecule has 1 fully saturated rings. The first-order chi connectivity index (χ1) is 15.1. The van der Waals surface area contributed by atoms with E-state index in [2.05, 4.69) is 51.4 Å². The first-order valence-corrected chi connectivity index (χ1v) is 11.6. The van der Waals surface area contributed by atoms with E-state index < -0.39 is 0 Å². The first-order valence-electron chi connectivity index (χ1n) is 10.8. The van der Waals surface area contributed by atoms with Crippen LogP contribution in [0.1, 0.15) is 36.9 Å². The number of benzene rings is 2. The lowest BCUT2D eigenvalue weighted by molar-refractivity contribution is -0.125.